The van der Waals surface area contributed by atoms with Crippen molar-refractivity contribution in [3.05, 3.63) is 22.2 Å². The van der Waals surface area contributed by atoms with Crippen molar-refractivity contribution < 1.29 is 19.7 Å². The van der Waals surface area contributed by atoms with Crippen LogP contribution >= 0.6 is 0 Å². The second kappa shape index (κ2) is 7.67. The Hall–Kier alpha value is -1.77. The minimum Gasteiger partial charge on any atom is -0.396 e. The Balaban J connectivity index is 2.33. The molecule has 1 aliphatic rings. The first kappa shape index (κ1) is 17.6. The second-order valence-electron chi connectivity index (χ2n) is 5.77. The lowest BCUT2D eigenvalue weighted by atomic mass is 10.1. The lowest BCUT2D eigenvalue weighted by Gasteiger charge is -2.17. The molecule has 1 amide bonds. The van der Waals surface area contributed by atoms with Gasteiger partial charge in [0.2, 0.25) is 5.91 Å². The Morgan fingerprint density at radius 3 is 2.83 bits per heavy atom. The summed E-state index contributed by atoms with van der Waals surface area (Å²) in [7, 11) is 1.52. The molecule has 0 saturated heterocycles. The standard InChI is InChI=1S/C15H23N3O5/c1-3-13(21)16-14-10(8-23-2)6-18(15(22)17-14)11-4-9(7-19)12(20)5-11/h6,9,11-12,19-20H,3-5,7-8H2,1-2H3,(H,16,17,21,22)/t9-,11-,12+/m1/s1. The minimum atomic E-state index is -0.637. The van der Waals surface area contributed by atoms with Gasteiger partial charge >= 0.3 is 5.69 Å². The van der Waals surface area contributed by atoms with Crippen molar-refractivity contribution >= 4 is 11.7 Å². The largest absolute Gasteiger partial charge is 0.396 e. The molecular formula is C15H23N3O5. The molecule has 8 heteroatoms. The van der Waals surface area contributed by atoms with Crippen molar-refractivity contribution in [1.82, 2.24) is 9.55 Å². The SMILES string of the molecule is CCC(=O)Nc1nc(=O)n([C@@H]2C[C@H](CO)[C@@H](O)C2)cc1COC. The van der Waals surface area contributed by atoms with E-state index in [1.54, 1.807) is 13.1 Å². The number of aliphatic hydroxyl groups is 2. The van der Waals surface area contributed by atoms with Gasteiger partial charge in [-0.2, -0.15) is 4.98 Å². The Morgan fingerprint density at radius 1 is 1.52 bits per heavy atom. The summed E-state index contributed by atoms with van der Waals surface area (Å²) in [5.74, 6) is -0.266. The van der Waals surface area contributed by atoms with Crippen LogP contribution in [0.1, 0.15) is 37.8 Å². The van der Waals surface area contributed by atoms with Crippen LogP contribution in [-0.2, 0) is 16.1 Å². The van der Waals surface area contributed by atoms with Crippen LogP contribution in [-0.4, -0.2) is 45.5 Å². The third-order valence-electron chi connectivity index (χ3n) is 4.17. The van der Waals surface area contributed by atoms with Crippen LogP contribution in [0.2, 0.25) is 0 Å². The highest BCUT2D eigenvalue weighted by molar-refractivity contribution is 5.90. The Bertz CT molecular complexity index is 616. The van der Waals surface area contributed by atoms with Crippen molar-refractivity contribution in [3.8, 4) is 0 Å². The van der Waals surface area contributed by atoms with Gasteiger partial charge in [0.25, 0.3) is 0 Å². The second-order valence-corrected chi connectivity index (χ2v) is 5.77. The van der Waals surface area contributed by atoms with E-state index in [4.69, 9.17) is 4.74 Å². The maximum absolute atomic E-state index is 12.3. The van der Waals surface area contributed by atoms with Crippen LogP contribution in [0, 0.1) is 5.92 Å². The molecule has 1 heterocycles. The molecule has 0 aromatic carbocycles. The molecule has 8 nitrogen and oxygen atoms in total. The van der Waals surface area contributed by atoms with Crippen LogP contribution < -0.4 is 11.0 Å². The van der Waals surface area contributed by atoms with Crippen molar-refractivity contribution in [2.75, 3.05) is 19.0 Å². The third kappa shape index (κ3) is 3.95. The zero-order chi connectivity index (χ0) is 17.0. The van der Waals surface area contributed by atoms with Gasteiger partial charge in [-0.1, -0.05) is 6.92 Å². The van der Waals surface area contributed by atoms with Crippen LogP contribution in [0.4, 0.5) is 5.82 Å². The first-order valence-corrected chi connectivity index (χ1v) is 7.69. The number of methoxy groups -OCH3 is 1. The first-order chi connectivity index (χ1) is 11.0. The summed E-state index contributed by atoms with van der Waals surface area (Å²) in [5, 5.41) is 21.8. The fraction of sp³-hybridized carbons (Fsp3) is 0.667. The number of rotatable bonds is 6. The molecule has 0 radical (unpaired) electrons. The Kier molecular flexibility index (Phi) is 5.86. The fourth-order valence-electron chi connectivity index (χ4n) is 2.86. The third-order valence-corrected chi connectivity index (χ3v) is 4.17. The molecule has 0 bridgehead atoms. The summed E-state index contributed by atoms with van der Waals surface area (Å²) < 4.78 is 6.56. The molecule has 0 unspecified atom stereocenters. The number of carbonyl (C=O) groups is 1. The smallest absolute Gasteiger partial charge is 0.349 e. The predicted octanol–water partition coefficient (Wildman–Crippen LogP) is 0.0425. The van der Waals surface area contributed by atoms with Crippen molar-refractivity contribution in [2.24, 2.45) is 5.92 Å². The van der Waals surface area contributed by atoms with Crippen molar-refractivity contribution in [1.29, 1.82) is 0 Å². The van der Waals surface area contributed by atoms with Crippen LogP contribution in [0.3, 0.4) is 0 Å². The van der Waals surface area contributed by atoms with Gasteiger partial charge in [0.1, 0.15) is 5.82 Å². The van der Waals surface area contributed by atoms with E-state index in [-0.39, 0.29) is 43.3 Å². The predicted molar refractivity (Wildman–Crippen MR) is 83.0 cm³/mol. The fourth-order valence-corrected chi connectivity index (χ4v) is 2.86. The molecule has 2 rings (SSSR count). The lowest BCUT2D eigenvalue weighted by Crippen LogP contribution is -2.29. The topological polar surface area (TPSA) is 114 Å². The summed E-state index contributed by atoms with van der Waals surface area (Å²) in [6.45, 7) is 1.79. The Morgan fingerprint density at radius 2 is 2.26 bits per heavy atom. The number of nitrogens with zero attached hydrogens (tertiary/aromatic N) is 2. The summed E-state index contributed by atoms with van der Waals surface area (Å²) in [6.07, 6.45) is 2.15. The number of hydrogen-bond acceptors (Lipinski definition) is 6. The van der Waals surface area contributed by atoms with Crippen LogP contribution in [0.15, 0.2) is 11.0 Å². The number of anilines is 1. The summed E-state index contributed by atoms with van der Waals surface area (Å²) in [5.41, 5.74) is 0.0999. The van der Waals surface area contributed by atoms with Gasteiger partial charge in [0.15, 0.2) is 0 Å². The molecule has 0 spiro atoms. The molecule has 1 aliphatic carbocycles. The van der Waals surface area contributed by atoms with Crippen molar-refractivity contribution in [2.45, 2.75) is 44.9 Å². The molecule has 3 N–H and O–H groups in total. The molecule has 1 fully saturated rings. The van der Waals surface area contributed by atoms with Gasteiger partial charge < -0.3 is 20.3 Å². The number of aromatic nitrogens is 2. The molecule has 1 aromatic heterocycles. The number of carbonyl (C=O) groups excluding carboxylic acids is 1. The monoisotopic (exact) mass is 325 g/mol. The average molecular weight is 325 g/mol. The molecule has 1 saturated carbocycles. The highest BCUT2D eigenvalue weighted by Gasteiger charge is 2.34. The van der Waals surface area contributed by atoms with Crippen LogP contribution in [0.5, 0.6) is 0 Å². The maximum atomic E-state index is 12.3. The van der Waals surface area contributed by atoms with E-state index >= 15 is 0 Å². The molecule has 1 aromatic rings. The zero-order valence-corrected chi connectivity index (χ0v) is 13.4. The molecular weight excluding hydrogens is 302 g/mol. The maximum Gasteiger partial charge on any atom is 0.349 e. The Labute approximate surface area is 134 Å². The highest BCUT2D eigenvalue weighted by Crippen LogP contribution is 2.34. The number of aliphatic hydroxyl groups excluding tert-OH is 2. The average Bonchev–Trinajstić information content (AvgIpc) is 2.90. The molecule has 3 atom stereocenters. The first-order valence-electron chi connectivity index (χ1n) is 7.69. The zero-order valence-electron chi connectivity index (χ0n) is 13.4. The van der Waals surface area contributed by atoms with E-state index < -0.39 is 11.8 Å². The normalized spacial score (nSPS) is 23.9. The van der Waals surface area contributed by atoms with E-state index in [2.05, 4.69) is 10.3 Å². The van der Waals surface area contributed by atoms with Gasteiger partial charge in [0, 0.05) is 43.9 Å². The van der Waals surface area contributed by atoms with E-state index in [9.17, 15) is 19.8 Å². The van der Waals surface area contributed by atoms with E-state index in [1.807, 2.05) is 0 Å². The summed E-state index contributed by atoms with van der Waals surface area (Å²) in [4.78, 5) is 27.8. The lowest BCUT2D eigenvalue weighted by molar-refractivity contribution is -0.115. The minimum absolute atomic E-state index is 0.116. The number of amides is 1. The van der Waals surface area contributed by atoms with Gasteiger partial charge in [-0.25, -0.2) is 4.79 Å². The number of ether oxygens (including phenoxy) is 1. The van der Waals surface area contributed by atoms with Gasteiger partial charge in [0.05, 0.1) is 12.7 Å². The molecule has 128 valence electrons. The number of hydrogen-bond donors (Lipinski definition) is 3. The van der Waals surface area contributed by atoms with Gasteiger partial charge in [-0.3, -0.25) is 9.36 Å². The summed E-state index contributed by atoms with van der Waals surface area (Å²) >= 11 is 0. The van der Waals surface area contributed by atoms with E-state index in [1.165, 1.54) is 11.7 Å². The van der Waals surface area contributed by atoms with Crippen LogP contribution in [0.25, 0.3) is 0 Å². The molecule has 23 heavy (non-hydrogen) atoms. The van der Waals surface area contributed by atoms with Gasteiger partial charge in [-0.05, 0) is 12.8 Å². The number of nitrogens with one attached hydrogen (secondary N) is 1. The van der Waals surface area contributed by atoms with E-state index in [0.29, 0.717) is 18.4 Å². The van der Waals surface area contributed by atoms with Gasteiger partial charge in [-0.15, -0.1) is 0 Å². The highest BCUT2D eigenvalue weighted by atomic mass is 16.5. The van der Waals surface area contributed by atoms with E-state index in [0.717, 1.165) is 0 Å². The quantitative estimate of drug-likeness (QED) is 0.680. The molecule has 0 aliphatic heterocycles. The summed E-state index contributed by atoms with van der Waals surface area (Å²) in [6, 6.07) is -0.228. The van der Waals surface area contributed by atoms with Crippen molar-refractivity contribution in [3.63, 3.8) is 0 Å².